The van der Waals surface area contributed by atoms with Crippen molar-refractivity contribution >= 4 is 16.9 Å². The predicted molar refractivity (Wildman–Crippen MR) is 85.8 cm³/mol. The molecule has 22 heavy (non-hydrogen) atoms. The molecule has 1 aliphatic rings. The molecule has 2 aromatic heterocycles. The molecule has 0 saturated carbocycles. The van der Waals surface area contributed by atoms with Crippen LogP contribution in [0, 0.1) is 6.92 Å². The van der Waals surface area contributed by atoms with E-state index in [1.807, 2.05) is 22.6 Å². The van der Waals surface area contributed by atoms with Crippen LogP contribution in [0.2, 0.25) is 0 Å². The molecule has 1 aliphatic heterocycles. The number of hydrogen-bond acceptors (Lipinski definition) is 4. The second-order valence-electron chi connectivity index (χ2n) is 6.37. The Morgan fingerprint density at radius 2 is 2.23 bits per heavy atom. The number of nitrogens with two attached hydrogens (primary N) is 1. The van der Waals surface area contributed by atoms with Gasteiger partial charge in [-0.25, -0.2) is 9.67 Å². The molecule has 1 saturated heterocycles. The van der Waals surface area contributed by atoms with Gasteiger partial charge in [0.15, 0.2) is 5.65 Å². The molecule has 3 heterocycles. The van der Waals surface area contributed by atoms with Crippen LogP contribution in [-0.4, -0.2) is 44.7 Å². The number of piperidine rings is 1. The third-order valence-electron chi connectivity index (χ3n) is 4.22. The molecule has 1 fully saturated rings. The number of carbonyl (C=O) groups is 1. The molecular formula is C16H23N5O. The van der Waals surface area contributed by atoms with Gasteiger partial charge in [0.25, 0.3) is 5.91 Å². The molecule has 1 amide bonds. The highest BCUT2D eigenvalue weighted by atomic mass is 16.2. The lowest BCUT2D eigenvalue weighted by molar-refractivity contribution is 0.0708. The van der Waals surface area contributed by atoms with Crippen LogP contribution >= 0.6 is 0 Å². The molecule has 0 bridgehead atoms. The number of carbonyl (C=O) groups excluding carboxylic acids is 1. The zero-order chi connectivity index (χ0) is 15.9. The fourth-order valence-electron chi connectivity index (χ4n) is 3.02. The van der Waals surface area contributed by atoms with Gasteiger partial charge < -0.3 is 10.6 Å². The fraction of sp³-hybridized carbons (Fsp3) is 0.562. The number of nitrogens with zero attached hydrogens (tertiary/aromatic N) is 4. The minimum atomic E-state index is 0.0272. The Balaban J connectivity index is 1.97. The van der Waals surface area contributed by atoms with E-state index in [4.69, 9.17) is 5.73 Å². The van der Waals surface area contributed by atoms with Crippen molar-refractivity contribution in [1.29, 1.82) is 0 Å². The SMILES string of the molecule is Cc1nc2c(cnn2C(C)C)cc1C(=O)N1CCC[C@@H](N)C1. The molecule has 0 radical (unpaired) electrons. The summed E-state index contributed by atoms with van der Waals surface area (Å²) in [5, 5.41) is 5.28. The van der Waals surface area contributed by atoms with Gasteiger partial charge in [-0.2, -0.15) is 5.10 Å². The van der Waals surface area contributed by atoms with E-state index < -0.39 is 0 Å². The normalized spacial score (nSPS) is 19.1. The minimum Gasteiger partial charge on any atom is -0.337 e. The van der Waals surface area contributed by atoms with Crippen molar-refractivity contribution < 1.29 is 4.79 Å². The van der Waals surface area contributed by atoms with Crippen LogP contribution in [0.25, 0.3) is 11.0 Å². The van der Waals surface area contributed by atoms with Crippen molar-refractivity contribution in [3.63, 3.8) is 0 Å². The van der Waals surface area contributed by atoms with Crippen LogP contribution in [0.4, 0.5) is 0 Å². The second kappa shape index (κ2) is 5.68. The smallest absolute Gasteiger partial charge is 0.255 e. The van der Waals surface area contributed by atoms with Crippen molar-refractivity contribution in [3.05, 3.63) is 23.5 Å². The Kier molecular flexibility index (Phi) is 3.87. The lowest BCUT2D eigenvalue weighted by Crippen LogP contribution is -2.45. The quantitative estimate of drug-likeness (QED) is 0.919. The van der Waals surface area contributed by atoms with E-state index in [9.17, 15) is 4.79 Å². The summed E-state index contributed by atoms with van der Waals surface area (Å²) in [5.41, 5.74) is 8.22. The Hall–Kier alpha value is -1.95. The molecule has 6 heteroatoms. The highest BCUT2D eigenvalue weighted by molar-refractivity contribution is 5.98. The number of pyridine rings is 1. The van der Waals surface area contributed by atoms with Gasteiger partial charge >= 0.3 is 0 Å². The first-order valence-corrected chi connectivity index (χ1v) is 7.87. The monoisotopic (exact) mass is 301 g/mol. The lowest BCUT2D eigenvalue weighted by Gasteiger charge is -2.31. The fourth-order valence-corrected chi connectivity index (χ4v) is 3.02. The second-order valence-corrected chi connectivity index (χ2v) is 6.37. The zero-order valence-corrected chi connectivity index (χ0v) is 13.4. The van der Waals surface area contributed by atoms with Crippen LogP contribution in [-0.2, 0) is 0 Å². The first-order chi connectivity index (χ1) is 10.5. The predicted octanol–water partition coefficient (Wildman–Crippen LogP) is 1.88. The van der Waals surface area contributed by atoms with Crippen molar-refractivity contribution in [3.8, 4) is 0 Å². The first-order valence-electron chi connectivity index (χ1n) is 7.87. The average molecular weight is 301 g/mol. The molecule has 118 valence electrons. The highest BCUT2D eigenvalue weighted by Gasteiger charge is 2.24. The first kappa shape index (κ1) is 15.0. The summed E-state index contributed by atoms with van der Waals surface area (Å²) in [4.78, 5) is 19.2. The third kappa shape index (κ3) is 2.59. The van der Waals surface area contributed by atoms with E-state index in [2.05, 4.69) is 23.9 Å². The Morgan fingerprint density at radius 3 is 2.91 bits per heavy atom. The number of hydrogen-bond donors (Lipinski definition) is 1. The number of fused-ring (bicyclic) bond motifs is 1. The van der Waals surface area contributed by atoms with Gasteiger partial charge in [0.1, 0.15) is 0 Å². The summed E-state index contributed by atoms with van der Waals surface area (Å²) in [6, 6.07) is 2.23. The molecule has 2 aromatic rings. The van der Waals surface area contributed by atoms with E-state index in [0.29, 0.717) is 12.1 Å². The van der Waals surface area contributed by atoms with Gasteiger partial charge in [0.2, 0.25) is 0 Å². The Bertz CT molecular complexity index is 706. The molecule has 0 spiro atoms. The minimum absolute atomic E-state index is 0.0272. The van der Waals surface area contributed by atoms with Crippen molar-refractivity contribution in [2.45, 2.75) is 45.7 Å². The molecule has 0 unspecified atom stereocenters. The molecule has 6 nitrogen and oxygen atoms in total. The molecular weight excluding hydrogens is 278 g/mol. The molecule has 0 aliphatic carbocycles. The van der Waals surface area contributed by atoms with Crippen LogP contribution in [0.3, 0.4) is 0 Å². The summed E-state index contributed by atoms with van der Waals surface area (Å²) >= 11 is 0. The molecule has 0 aromatic carbocycles. The van der Waals surface area contributed by atoms with E-state index >= 15 is 0 Å². The summed E-state index contributed by atoms with van der Waals surface area (Å²) in [7, 11) is 0. The van der Waals surface area contributed by atoms with Crippen LogP contribution in [0.5, 0.6) is 0 Å². The van der Waals surface area contributed by atoms with Crippen molar-refractivity contribution in [1.82, 2.24) is 19.7 Å². The summed E-state index contributed by atoms with van der Waals surface area (Å²) in [6.07, 6.45) is 3.73. The van der Waals surface area contributed by atoms with E-state index in [0.717, 1.165) is 36.1 Å². The summed E-state index contributed by atoms with van der Waals surface area (Å²) < 4.78 is 1.88. The van der Waals surface area contributed by atoms with E-state index in [1.165, 1.54) is 0 Å². The van der Waals surface area contributed by atoms with E-state index in [1.54, 1.807) is 6.20 Å². The highest BCUT2D eigenvalue weighted by Crippen LogP contribution is 2.21. The van der Waals surface area contributed by atoms with Gasteiger partial charge in [0.05, 0.1) is 17.5 Å². The van der Waals surface area contributed by atoms with E-state index in [-0.39, 0.29) is 18.0 Å². The largest absolute Gasteiger partial charge is 0.337 e. The Labute approximate surface area is 130 Å². The van der Waals surface area contributed by atoms with Gasteiger partial charge in [0, 0.05) is 30.6 Å². The van der Waals surface area contributed by atoms with Crippen molar-refractivity contribution in [2.75, 3.05) is 13.1 Å². The summed E-state index contributed by atoms with van der Waals surface area (Å²) in [5.74, 6) is 0.0272. The molecule has 2 N–H and O–H groups in total. The summed E-state index contributed by atoms with van der Waals surface area (Å²) in [6.45, 7) is 7.42. The van der Waals surface area contributed by atoms with Gasteiger partial charge in [-0.05, 0) is 39.7 Å². The maximum absolute atomic E-state index is 12.8. The number of aryl methyl sites for hydroxylation is 1. The van der Waals surface area contributed by atoms with Gasteiger partial charge in [-0.1, -0.05) is 0 Å². The van der Waals surface area contributed by atoms with Gasteiger partial charge in [-0.3, -0.25) is 4.79 Å². The third-order valence-corrected chi connectivity index (χ3v) is 4.22. The van der Waals surface area contributed by atoms with Gasteiger partial charge in [-0.15, -0.1) is 0 Å². The number of amides is 1. The van der Waals surface area contributed by atoms with Crippen LogP contribution in [0.1, 0.15) is 48.8 Å². The lowest BCUT2D eigenvalue weighted by atomic mass is 10.0. The standard InChI is InChI=1S/C16H23N5O/c1-10(2)21-15-12(8-18-21)7-14(11(3)19-15)16(22)20-6-4-5-13(17)9-20/h7-8,10,13H,4-6,9,17H2,1-3H3/t13-/m1/s1. The Morgan fingerprint density at radius 1 is 1.45 bits per heavy atom. The zero-order valence-electron chi connectivity index (χ0n) is 13.4. The maximum Gasteiger partial charge on any atom is 0.255 e. The topological polar surface area (TPSA) is 77.0 Å². The van der Waals surface area contributed by atoms with Crippen LogP contribution < -0.4 is 5.73 Å². The molecule has 1 atom stereocenters. The maximum atomic E-state index is 12.8. The average Bonchev–Trinajstić information content (AvgIpc) is 2.88. The number of likely N-dealkylation sites (tertiary alicyclic amines) is 1. The van der Waals surface area contributed by atoms with Crippen molar-refractivity contribution in [2.24, 2.45) is 5.73 Å². The number of aromatic nitrogens is 3. The molecule has 3 rings (SSSR count). The van der Waals surface area contributed by atoms with Crippen LogP contribution in [0.15, 0.2) is 12.3 Å². The number of rotatable bonds is 2.